The number of aromatic nitrogens is 2. The van der Waals surface area contributed by atoms with Crippen molar-refractivity contribution in [1.82, 2.24) is 9.78 Å². The number of rotatable bonds is 8. The number of halogens is 3. The third-order valence-corrected chi connectivity index (χ3v) is 4.15. The number of nitro benzene ring substituents is 1. The number of alkyl halides is 2. The fraction of sp³-hybridized carbons (Fsp3) is 0.375. The second kappa shape index (κ2) is 8.76. The van der Waals surface area contributed by atoms with Gasteiger partial charge in [-0.1, -0.05) is 11.6 Å². The average Bonchev–Trinajstić information content (AvgIpc) is 2.85. The van der Waals surface area contributed by atoms with Crippen LogP contribution in [-0.2, 0) is 11.3 Å². The SMILES string of the molecule is Cc1nn(CCC(=O)Nc2cc(OCC(F)F)cc([N+](=O)[O-])c2)c(C)c1Cl. The molecule has 0 saturated carbocycles. The number of aryl methyl sites for hydroxylation is 2. The van der Waals surface area contributed by atoms with Gasteiger partial charge in [-0.2, -0.15) is 5.10 Å². The molecule has 0 unspecified atom stereocenters. The van der Waals surface area contributed by atoms with Gasteiger partial charge < -0.3 is 10.1 Å². The maximum atomic E-state index is 12.3. The van der Waals surface area contributed by atoms with Crippen molar-refractivity contribution < 1.29 is 23.2 Å². The van der Waals surface area contributed by atoms with Crippen LogP contribution >= 0.6 is 11.6 Å². The zero-order chi connectivity index (χ0) is 20.1. The lowest BCUT2D eigenvalue weighted by Crippen LogP contribution is -2.16. The van der Waals surface area contributed by atoms with Crippen LogP contribution in [-0.4, -0.2) is 33.6 Å². The van der Waals surface area contributed by atoms with Crippen molar-refractivity contribution in [2.45, 2.75) is 33.2 Å². The first-order valence-corrected chi connectivity index (χ1v) is 8.25. The Labute approximate surface area is 158 Å². The topological polar surface area (TPSA) is 99.3 Å². The Hall–Kier alpha value is -2.75. The van der Waals surface area contributed by atoms with E-state index in [1.807, 2.05) is 0 Å². The molecular weight excluding hydrogens is 386 g/mol. The summed E-state index contributed by atoms with van der Waals surface area (Å²) in [5.41, 5.74) is 1.06. The van der Waals surface area contributed by atoms with Crippen molar-refractivity contribution in [3.8, 4) is 5.75 Å². The first-order valence-electron chi connectivity index (χ1n) is 7.87. The van der Waals surface area contributed by atoms with Gasteiger partial charge in [0.15, 0.2) is 0 Å². The van der Waals surface area contributed by atoms with E-state index in [2.05, 4.69) is 10.4 Å². The summed E-state index contributed by atoms with van der Waals surface area (Å²) in [6.45, 7) is 2.87. The highest BCUT2D eigenvalue weighted by Gasteiger charge is 2.15. The minimum atomic E-state index is -2.73. The van der Waals surface area contributed by atoms with Crippen LogP contribution < -0.4 is 10.1 Å². The lowest BCUT2D eigenvalue weighted by Gasteiger charge is -2.10. The summed E-state index contributed by atoms with van der Waals surface area (Å²) in [5, 5.41) is 18.2. The van der Waals surface area contributed by atoms with Gasteiger partial charge in [0.2, 0.25) is 5.91 Å². The zero-order valence-corrected chi connectivity index (χ0v) is 15.3. The van der Waals surface area contributed by atoms with E-state index in [0.29, 0.717) is 10.7 Å². The monoisotopic (exact) mass is 402 g/mol. The van der Waals surface area contributed by atoms with Crippen LogP contribution in [0.4, 0.5) is 20.2 Å². The molecule has 0 atom stereocenters. The number of hydrogen-bond donors (Lipinski definition) is 1. The molecule has 0 saturated heterocycles. The fourth-order valence-corrected chi connectivity index (χ4v) is 2.46. The van der Waals surface area contributed by atoms with Crippen LogP contribution in [0.1, 0.15) is 17.8 Å². The molecule has 11 heteroatoms. The molecule has 0 aliphatic carbocycles. The van der Waals surface area contributed by atoms with Crippen LogP contribution in [0.5, 0.6) is 5.75 Å². The lowest BCUT2D eigenvalue weighted by atomic mass is 10.2. The van der Waals surface area contributed by atoms with Crippen LogP contribution in [0.25, 0.3) is 0 Å². The predicted molar refractivity (Wildman–Crippen MR) is 94.6 cm³/mol. The van der Waals surface area contributed by atoms with E-state index in [4.69, 9.17) is 16.3 Å². The highest BCUT2D eigenvalue weighted by molar-refractivity contribution is 6.31. The number of carbonyl (C=O) groups excluding carboxylic acids is 1. The Morgan fingerprint density at radius 3 is 2.67 bits per heavy atom. The first-order chi connectivity index (χ1) is 12.7. The molecule has 8 nitrogen and oxygen atoms in total. The number of benzene rings is 1. The number of hydrogen-bond acceptors (Lipinski definition) is 5. The number of nitro groups is 1. The molecule has 146 valence electrons. The Bertz CT molecular complexity index is 857. The van der Waals surface area contributed by atoms with Crippen LogP contribution in [0.2, 0.25) is 5.02 Å². The van der Waals surface area contributed by atoms with Crippen molar-refractivity contribution in [3.05, 3.63) is 44.7 Å². The van der Waals surface area contributed by atoms with Gasteiger partial charge in [0.1, 0.15) is 12.4 Å². The van der Waals surface area contributed by atoms with Gasteiger partial charge in [-0.15, -0.1) is 0 Å². The lowest BCUT2D eigenvalue weighted by molar-refractivity contribution is -0.384. The van der Waals surface area contributed by atoms with Gasteiger partial charge in [0.05, 0.1) is 39.6 Å². The first kappa shape index (κ1) is 20.6. The van der Waals surface area contributed by atoms with E-state index in [0.717, 1.165) is 17.8 Å². The molecule has 0 aliphatic rings. The minimum Gasteiger partial charge on any atom is -0.487 e. The highest BCUT2D eigenvalue weighted by atomic mass is 35.5. The Balaban J connectivity index is 2.06. The minimum absolute atomic E-state index is 0.0359. The molecule has 2 rings (SSSR count). The Morgan fingerprint density at radius 2 is 2.11 bits per heavy atom. The standard InChI is InChI=1S/C16H17ClF2N4O4/c1-9-16(17)10(2)22(21-9)4-3-15(24)20-11-5-12(23(25)26)7-13(6-11)27-8-14(18)19/h5-7,14H,3-4,8H2,1-2H3,(H,20,24). The number of amides is 1. The summed E-state index contributed by atoms with van der Waals surface area (Å²) in [6.07, 6.45) is -2.69. The zero-order valence-electron chi connectivity index (χ0n) is 14.5. The van der Waals surface area contributed by atoms with Crippen molar-refractivity contribution >= 4 is 28.9 Å². The summed E-state index contributed by atoms with van der Waals surface area (Å²) in [5.74, 6) is -0.566. The Kier molecular flexibility index (Phi) is 6.67. The molecule has 27 heavy (non-hydrogen) atoms. The molecule has 0 radical (unpaired) electrons. The van der Waals surface area contributed by atoms with Gasteiger partial charge in [-0.25, -0.2) is 8.78 Å². The van der Waals surface area contributed by atoms with Crippen molar-refractivity contribution in [2.24, 2.45) is 0 Å². The number of nitrogens with one attached hydrogen (secondary N) is 1. The Morgan fingerprint density at radius 1 is 1.41 bits per heavy atom. The van der Waals surface area contributed by atoms with Crippen molar-refractivity contribution in [2.75, 3.05) is 11.9 Å². The van der Waals surface area contributed by atoms with Crippen molar-refractivity contribution in [3.63, 3.8) is 0 Å². The number of carbonyl (C=O) groups is 1. The smallest absolute Gasteiger partial charge is 0.275 e. The quantitative estimate of drug-likeness (QED) is 0.535. The molecule has 1 heterocycles. The molecule has 1 N–H and O–H groups in total. The fourth-order valence-electron chi connectivity index (χ4n) is 2.33. The average molecular weight is 403 g/mol. The number of ether oxygens (including phenoxy) is 1. The molecular formula is C16H17ClF2N4O4. The molecule has 0 aliphatic heterocycles. The molecule has 1 aromatic heterocycles. The molecule has 0 fully saturated rings. The van der Waals surface area contributed by atoms with E-state index in [9.17, 15) is 23.7 Å². The summed E-state index contributed by atoms with van der Waals surface area (Å²) in [4.78, 5) is 22.4. The van der Waals surface area contributed by atoms with E-state index in [-0.39, 0.29) is 30.1 Å². The maximum absolute atomic E-state index is 12.3. The second-order valence-corrected chi connectivity index (χ2v) is 6.06. The summed E-state index contributed by atoms with van der Waals surface area (Å²) in [6, 6.07) is 3.37. The summed E-state index contributed by atoms with van der Waals surface area (Å²) < 4.78 is 30.9. The van der Waals surface area contributed by atoms with Crippen molar-refractivity contribution in [1.29, 1.82) is 0 Å². The third kappa shape index (κ3) is 5.61. The van der Waals surface area contributed by atoms with Gasteiger partial charge in [0, 0.05) is 18.6 Å². The van der Waals surface area contributed by atoms with Gasteiger partial charge >= 0.3 is 0 Å². The summed E-state index contributed by atoms with van der Waals surface area (Å²) >= 11 is 6.04. The molecule has 2 aromatic rings. The normalized spacial score (nSPS) is 10.9. The van der Waals surface area contributed by atoms with Gasteiger partial charge in [-0.3, -0.25) is 19.6 Å². The largest absolute Gasteiger partial charge is 0.487 e. The third-order valence-electron chi connectivity index (χ3n) is 3.61. The van der Waals surface area contributed by atoms with Crippen LogP contribution in [0.3, 0.4) is 0 Å². The maximum Gasteiger partial charge on any atom is 0.275 e. The molecule has 1 aromatic carbocycles. The number of nitrogens with zero attached hydrogens (tertiary/aromatic N) is 3. The highest BCUT2D eigenvalue weighted by Crippen LogP contribution is 2.26. The van der Waals surface area contributed by atoms with Gasteiger partial charge in [0.25, 0.3) is 12.1 Å². The van der Waals surface area contributed by atoms with E-state index < -0.39 is 23.9 Å². The second-order valence-electron chi connectivity index (χ2n) is 5.68. The summed E-state index contributed by atoms with van der Waals surface area (Å²) in [7, 11) is 0. The van der Waals surface area contributed by atoms with E-state index in [1.54, 1.807) is 18.5 Å². The van der Waals surface area contributed by atoms with Crippen LogP contribution in [0, 0.1) is 24.0 Å². The van der Waals surface area contributed by atoms with Gasteiger partial charge in [-0.05, 0) is 13.8 Å². The molecule has 0 bridgehead atoms. The predicted octanol–water partition coefficient (Wildman–Crippen LogP) is 3.73. The number of anilines is 1. The molecule has 1 amide bonds. The number of non-ortho nitro benzene ring substituents is 1. The van der Waals surface area contributed by atoms with E-state index >= 15 is 0 Å². The van der Waals surface area contributed by atoms with E-state index in [1.165, 1.54) is 6.07 Å². The molecule has 0 spiro atoms. The van der Waals surface area contributed by atoms with Crippen LogP contribution in [0.15, 0.2) is 18.2 Å².